The number of pyridine rings is 4. The maximum Gasteiger partial charge on any atom is 0.229 e. The van der Waals surface area contributed by atoms with Crippen LogP contribution >= 0.6 is 34.8 Å². The minimum atomic E-state index is -3.55. The van der Waals surface area contributed by atoms with Crippen LogP contribution < -0.4 is 20.5 Å². The zero-order valence-corrected chi connectivity index (χ0v) is 40.4. The van der Waals surface area contributed by atoms with E-state index in [1.165, 1.54) is 24.8 Å². The van der Waals surface area contributed by atoms with Gasteiger partial charge in [-0.3, -0.25) is 19.4 Å². The van der Waals surface area contributed by atoms with Gasteiger partial charge in [0.05, 0.1) is 82.1 Å². The number of fused-ring (bicyclic) bond motifs is 2. The Morgan fingerprint density at radius 3 is 1.51 bits per heavy atom. The van der Waals surface area contributed by atoms with Crippen molar-refractivity contribution in [1.82, 2.24) is 19.9 Å². The maximum absolute atomic E-state index is 11.7. The smallest absolute Gasteiger partial charge is 0.229 e. The van der Waals surface area contributed by atoms with Crippen LogP contribution in [0.1, 0.15) is 41.8 Å². The van der Waals surface area contributed by atoms with E-state index in [1.807, 2.05) is 78.9 Å². The molecule has 7 N–H and O–H groups in total. The second-order valence-electron chi connectivity index (χ2n) is 15.1. The van der Waals surface area contributed by atoms with E-state index in [-0.39, 0.29) is 53.9 Å². The van der Waals surface area contributed by atoms with Crippen molar-refractivity contribution in [2.75, 3.05) is 40.5 Å². The van der Waals surface area contributed by atoms with Gasteiger partial charge < -0.3 is 21.3 Å². The molecule has 0 aliphatic rings. The molecule has 4 aromatic carbocycles. The van der Waals surface area contributed by atoms with Crippen LogP contribution in [0.3, 0.4) is 0 Å². The molecule has 0 unspecified atom stereocenters. The molecule has 16 nitrogen and oxygen atoms in total. The minimum absolute atomic E-state index is 0. The van der Waals surface area contributed by atoms with E-state index in [0.29, 0.717) is 54.8 Å². The van der Waals surface area contributed by atoms with Gasteiger partial charge in [-0.05, 0) is 58.7 Å². The van der Waals surface area contributed by atoms with Crippen LogP contribution in [0.4, 0.5) is 17.1 Å². The lowest BCUT2D eigenvalue weighted by molar-refractivity contribution is 0.268. The zero-order chi connectivity index (χ0) is 49.9. The first kappa shape index (κ1) is 54.0. The first-order valence-electron chi connectivity index (χ1n) is 20.3. The predicted octanol–water partition coefficient (Wildman–Crippen LogP) is 9.50. The minimum Gasteiger partial charge on any atom is -0.394 e. The topological polar surface area (TPSA) is 270 Å². The van der Waals surface area contributed by atoms with E-state index in [4.69, 9.17) is 50.9 Å². The Hall–Kier alpha value is -6.97. The Labute approximate surface area is 420 Å². The lowest BCUT2D eigenvalue weighted by Gasteiger charge is -2.20. The summed E-state index contributed by atoms with van der Waals surface area (Å²) < 4.78 is 50.9. The van der Waals surface area contributed by atoms with Crippen molar-refractivity contribution in [3.63, 3.8) is 0 Å². The number of nitrogens with one attached hydrogen (secondary N) is 3. The Morgan fingerprint density at radius 2 is 1.06 bits per heavy atom. The highest BCUT2D eigenvalue weighted by molar-refractivity contribution is 7.92. The summed E-state index contributed by atoms with van der Waals surface area (Å²) in [6.45, 7) is -0.177. The van der Waals surface area contributed by atoms with E-state index < -0.39 is 26.1 Å². The fraction of sp³-hybridized carbons (Fsp3) is 0.143. The van der Waals surface area contributed by atoms with Gasteiger partial charge in [0.2, 0.25) is 20.0 Å². The second-order valence-corrected chi connectivity index (χ2v) is 19.7. The van der Waals surface area contributed by atoms with Gasteiger partial charge in [0.15, 0.2) is 10.3 Å². The van der Waals surface area contributed by atoms with E-state index in [0.717, 1.165) is 29.2 Å². The molecule has 8 aromatic rings. The summed E-state index contributed by atoms with van der Waals surface area (Å²) in [7, 11) is -7.04. The first-order valence-corrected chi connectivity index (χ1v) is 25.3. The SMILES string of the molecule is C.CS(=O)(=O)Nc1cc(-c2ccc3ncc(C#N)c(Cl)c3c2)cnc1Cl.CS(=O)(=O)Nc1cc(-c2ccc3ncc(C#N)c(N[C@H](CO)c4ccccc4)c3c2)cnc1Cl.N[C@H](CO)c1ccccc1. The summed E-state index contributed by atoms with van der Waals surface area (Å²) in [5, 5.41) is 42.4. The number of hydrogen-bond donors (Lipinski definition) is 6. The summed E-state index contributed by atoms with van der Waals surface area (Å²) in [5.74, 6) is 0. The van der Waals surface area contributed by atoms with Crippen LogP contribution in [0.5, 0.6) is 0 Å². The molecule has 0 saturated carbocycles. The van der Waals surface area contributed by atoms with E-state index in [1.54, 1.807) is 36.4 Å². The summed E-state index contributed by atoms with van der Waals surface area (Å²) in [6, 6.07) is 36.4. The van der Waals surface area contributed by atoms with Gasteiger partial charge in [-0.25, -0.2) is 26.8 Å². The van der Waals surface area contributed by atoms with Crippen molar-refractivity contribution >= 4 is 93.7 Å². The van der Waals surface area contributed by atoms with Gasteiger partial charge in [0.25, 0.3) is 0 Å². The number of rotatable bonds is 12. The Bertz CT molecular complexity index is 3460. The molecule has 2 atom stereocenters. The van der Waals surface area contributed by atoms with E-state index in [2.05, 4.69) is 40.8 Å². The highest BCUT2D eigenvalue weighted by atomic mass is 35.5. The fourth-order valence-corrected chi connectivity index (χ4v) is 8.45. The highest BCUT2D eigenvalue weighted by Gasteiger charge is 2.18. The molecule has 4 aromatic heterocycles. The second kappa shape index (κ2) is 24.0. The largest absolute Gasteiger partial charge is 0.394 e. The van der Waals surface area contributed by atoms with Gasteiger partial charge in [-0.1, -0.05) is 115 Å². The number of anilines is 3. The van der Waals surface area contributed by atoms with Crippen molar-refractivity contribution in [1.29, 1.82) is 10.5 Å². The monoisotopic (exact) mass is 1040 g/mol. The maximum atomic E-state index is 11.7. The summed E-state index contributed by atoms with van der Waals surface area (Å²) in [6.07, 6.45) is 8.02. The average Bonchev–Trinajstić information content (AvgIpc) is 3.34. The standard InChI is InChI=1S/C24H20ClN5O3S.C16H10Cl2N4O2S.C8H11NO.CH4/c1-34(32,33)30-21-10-17(12-28-24(21)25)16-7-8-20-19(9-16)23(18(11-26)13-27-20)29-22(14-31)15-5-3-2-4-6-15;1-25(23,24)22-14-5-10(7-21-16(14)18)9-2-3-13-12(4-9)15(17)11(6-19)8-20-13;9-8(6-10)7-4-2-1-3-5-7;/h2-10,12-13,22,30-31H,14H2,1H3,(H,27,29);2-5,7-8,22H,1H3;1-5,8,10H,6,9H2;1H4/t22-;;8-;/m1.1./s1. The quantitative estimate of drug-likeness (QED) is 0.0622. The number of aromatic nitrogens is 4. The molecule has 70 heavy (non-hydrogen) atoms. The fourth-order valence-electron chi connectivity index (χ4n) is 6.68. The van der Waals surface area contributed by atoms with Crippen molar-refractivity contribution in [2.24, 2.45) is 5.73 Å². The van der Waals surface area contributed by atoms with Crippen molar-refractivity contribution in [3.05, 3.63) is 172 Å². The normalized spacial score (nSPS) is 11.8. The molecule has 0 bridgehead atoms. The molecule has 0 radical (unpaired) electrons. The number of halogens is 3. The highest BCUT2D eigenvalue weighted by Crippen LogP contribution is 2.35. The van der Waals surface area contributed by atoms with Crippen LogP contribution in [0.2, 0.25) is 15.3 Å². The third-order valence-electron chi connectivity index (χ3n) is 9.97. The number of benzene rings is 4. The molecule has 0 aliphatic heterocycles. The van der Waals surface area contributed by atoms with Gasteiger partial charge in [0, 0.05) is 46.7 Å². The zero-order valence-electron chi connectivity index (χ0n) is 36.5. The number of nitrogens with zero attached hydrogens (tertiary/aromatic N) is 6. The number of nitriles is 2. The summed E-state index contributed by atoms with van der Waals surface area (Å²) in [4.78, 5) is 16.7. The van der Waals surface area contributed by atoms with Gasteiger partial charge in [-0.2, -0.15) is 10.5 Å². The van der Waals surface area contributed by atoms with Crippen molar-refractivity contribution in [2.45, 2.75) is 19.5 Å². The lowest BCUT2D eigenvalue weighted by atomic mass is 10.0. The molecule has 0 saturated heterocycles. The van der Waals surface area contributed by atoms with Crippen LogP contribution in [-0.4, -0.2) is 72.7 Å². The molecular weight excluding hydrogens is 995 g/mol. The number of aliphatic hydroxyl groups is 2. The molecule has 8 rings (SSSR count). The summed E-state index contributed by atoms with van der Waals surface area (Å²) in [5.41, 5.74) is 12.9. The number of hydrogen-bond acceptors (Lipinski definition) is 14. The van der Waals surface area contributed by atoms with Crippen LogP contribution in [0.15, 0.2) is 134 Å². The third kappa shape index (κ3) is 14.1. The van der Waals surface area contributed by atoms with Crippen LogP contribution in [0.25, 0.3) is 44.1 Å². The van der Waals surface area contributed by atoms with Crippen LogP contribution in [-0.2, 0) is 20.0 Å². The number of aliphatic hydroxyl groups excluding tert-OH is 2. The summed E-state index contributed by atoms with van der Waals surface area (Å²) >= 11 is 18.3. The Kier molecular flexibility index (Phi) is 18.5. The number of nitrogens with two attached hydrogens (primary N) is 1. The van der Waals surface area contributed by atoms with E-state index in [9.17, 15) is 27.2 Å². The predicted molar refractivity (Wildman–Crippen MR) is 278 cm³/mol. The third-order valence-corrected chi connectivity index (χ3v) is 12.2. The first-order chi connectivity index (χ1) is 32.9. The molecule has 21 heteroatoms. The molecule has 0 aliphatic carbocycles. The molecule has 0 fully saturated rings. The Morgan fingerprint density at radius 1 is 0.600 bits per heavy atom. The Balaban J connectivity index is 0.000000221. The van der Waals surface area contributed by atoms with Crippen LogP contribution in [0, 0.1) is 22.7 Å². The van der Waals surface area contributed by atoms with Crippen molar-refractivity contribution in [3.8, 4) is 34.4 Å². The number of sulfonamides is 2. The van der Waals surface area contributed by atoms with Gasteiger partial charge >= 0.3 is 0 Å². The van der Waals surface area contributed by atoms with Gasteiger partial charge in [-0.15, -0.1) is 0 Å². The molecule has 0 spiro atoms. The molecule has 4 heterocycles. The molecule has 0 amide bonds. The average molecular weight is 1040 g/mol. The van der Waals surface area contributed by atoms with Crippen molar-refractivity contribution < 1.29 is 27.0 Å². The lowest BCUT2D eigenvalue weighted by Crippen LogP contribution is -2.16. The van der Waals surface area contributed by atoms with Gasteiger partial charge in [0.1, 0.15) is 12.1 Å². The molecule has 360 valence electrons. The molecular formula is C49H45Cl3N10O6S2. The van der Waals surface area contributed by atoms with E-state index >= 15 is 0 Å².